The number of carbonyl (C=O) groups excluding carboxylic acids is 1. The summed E-state index contributed by atoms with van der Waals surface area (Å²) in [5, 5.41) is 4.52. The van der Waals surface area contributed by atoms with Gasteiger partial charge >= 0.3 is 0 Å². The Morgan fingerprint density at radius 1 is 0.943 bits per heavy atom. The summed E-state index contributed by atoms with van der Waals surface area (Å²) in [6.45, 7) is 0. The Morgan fingerprint density at radius 3 is 2.49 bits per heavy atom. The van der Waals surface area contributed by atoms with Gasteiger partial charge in [-0.15, -0.1) is 11.8 Å². The molecule has 5 rings (SSSR count). The van der Waals surface area contributed by atoms with Crippen molar-refractivity contribution < 1.29 is 14.3 Å². The average Bonchev–Trinajstić information content (AvgIpc) is 2.92. The average molecular weight is 484 g/mol. The molecule has 1 aromatic heterocycles. The van der Waals surface area contributed by atoms with Crippen LogP contribution in [0.3, 0.4) is 0 Å². The minimum atomic E-state index is -0.393. The van der Waals surface area contributed by atoms with E-state index >= 15 is 0 Å². The highest BCUT2D eigenvalue weighted by Crippen LogP contribution is 2.39. The van der Waals surface area contributed by atoms with Crippen molar-refractivity contribution in [3.63, 3.8) is 0 Å². The number of pyridine rings is 1. The van der Waals surface area contributed by atoms with Gasteiger partial charge in [0.15, 0.2) is 0 Å². The third-order valence-electron chi connectivity index (χ3n) is 5.91. The summed E-state index contributed by atoms with van der Waals surface area (Å²) in [7, 11) is 3.30. The maximum atomic E-state index is 13.7. The van der Waals surface area contributed by atoms with Crippen molar-refractivity contribution in [2.24, 2.45) is 0 Å². The Balaban J connectivity index is 1.54. The lowest BCUT2D eigenvalue weighted by Gasteiger charge is -2.38. The number of hydrogen-bond donors (Lipinski definition) is 1. The summed E-state index contributed by atoms with van der Waals surface area (Å²) in [6.07, 6.45) is 1.40. The fourth-order valence-corrected chi connectivity index (χ4v) is 5.00. The lowest BCUT2D eigenvalue weighted by atomic mass is 10.0. The molecule has 1 amide bonds. The maximum absolute atomic E-state index is 13.7. The Kier molecular flexibility index (Phi) is 6.59. The van der Waals surface area contributed by atoms with E-state index in [1.165, 1.54) is 0 Å². The molecule has 0 bridgehead atoms. The summed E-state index contributed by atoms with van der Waals surface area (Å²) in [4.78, 5) is 19.9. The molecule has 35 heavy (non-hydrogen) atoms. The summed E-state index contributed by atoms with van der Waals surface area (Å²) in [6, 6.07) is 27.1. The van der Waals surface area contributed by atoms with Crippen molar-refractivity contribution in [2.75, 3.05) is 24.4 Å². The molecule has 1 aliphatic heterocycles. The Morgan fingerprint density at radius 2 is 1.74 bits per heavy atom. The van der Waals surface area contributed by atoms with E-state index in [9.17, 15) is 4.79 Å². The largest absolute Gasteiger partial charge is 0.497 e. The van der Waals surface area contributed by atoms with Gasteiger partial charge in [0, 0.05) is 28.9 Å². The van der Waals surface area contributed by atoms with Crippen LogP contribution in [0.5, 0.6) is 11.5 Å². The number of carbonyl (C=O) groups is 1. The summed E-state index contributed by atoms with van der Waals surface area (Å²) >= 11 is 1.64. The molecular formula is C28H25N3O3S. The van der Waals surface area contributed by atoms with E-state index in [4.69, 9.17) is 9.47 Å². The van der Waals surface area contributed by atoms with Gasteiger partial charge in [0.05, 0.1) is 24.8 Å². The molecule has 7 heteroatoms. The smallest absolute Gasteiger partial charge is 0.262 e. The first-order chi connectivity index (χ1) is 17.2. The van der Waals surface area contributed by atoms with Crippen LogP contribution in [0.4, 0.5) is 11.4 Å². The van der Waals surface area contributed by atoms with Gasteiger partial charge in [-0.1, -0.05) is 24.3 Å². The maximum Gasteiger partial charge on any atom is 0.262 e. The standard InChI is InChI=1S/C28H25N3O3S/c1-33-22-13-11-21(12-14-22)31-27(30-24-8-4-3-7-23(24)28(31)32)19-10-15-25(34-2)20(17-19)18-35-26-9-5-6-16-29-26/h3-17,27,30H,18H2,1-2H3/t27-/m0/s1. The van der Waals surface area contributed by atoms with E-state index in [0.717, 1.165) is 39.0 Å². The quantitative estimate of drug-likeness (QED) is 0.318. The van der Waals surface area contributed by atoms with E-state index in [-0.39, 0.29) is 5.91 Å². The number of amides is 1. The van der Waals surface area contributed by atoms with Gasteiger partial charge in [-0.2, -0.15) is 0 Å². The first-order valence-corrected chi connectivity index (χ1v) is 12.2. The zero-order valence-electron chi connectivity index (χ0n) is 19.5. The van der Waals surface area contributed by atoms with Crippen LogP contribution in [-0.2, 0) is 5.75 Å². The van der Waals surface area contributed by atoms with Crippen molar-refractivity contribution in [3.8, 4) is 11.5 Å². The number of rotatable bonds is 7. The molecule has 0 saturated carbocycles. The van der Waals surface area contributed by atoms with Crippen molar-refractivity contribution in [1.82, 2.24) is 4.98 Å². The van der Waals surface area contributed by atoms with Crippen LogP contribution in [0.15, 0.2) is 96.2 Å². The minimum absolute atomic E-state index is 0.0604. The zero-order chi connectivity index (χ0) is 24.2. The van der Waals surface area contributed by atoms with Crippen molar-refractivity contribution >= 4 is 29.0 Å². The molecule has 1 aliphatic rings. The highest BCUT2D eigenvalue weighted by molar-refractivity contribution is 7.98. The molecule has 0 spiro atoms. The molecule has 0 fully saturated rings. The molecule has 1 N–H and O–H groups in total. The summed E-state index contributed by atoms with van der Waals surface area (Å²) in [5.41, 5.74) is 4.22. The van der Waals surface area contributed by atoms with E-state index < -0.39 is 6.17 Å². The highest BCUT2D eigenvalue weighted by Gasteiger charge is 2.34. The molecule has 6 nitrogen and oxygen atoms in total. The minimum Gasteiger partial charge on any atom is -0.497 e. The number of aromatic nitrogens is 1. The SMILES string of the molecule is COc1ccc(N2C(=O)c3ccccc3N[C@@H]2c2ccc(OC)c(CSc3ccccn3)c2)cc1. The lowest BCUT2D eigenvalue weighted by Crippen LogP contribution is -2.43. The van der Waals surface area contributed by atoms with Crippen LogP contribution in [0.25, 0.3) is 0 Å². The Labute approximate surface area is 208 Å². The monoisotopic (exact) mass is 483 g/mol. The second kappa shape index (κ2) is 10.1. The third-order valence-corrected chi connectivity index (χ3v) is 6.90. The molecule has 0 radical (unpaired) electrons. The lowest BCUT2D eigenvalue weighted by molar-refractivity contribution is 0.0975. The Hall–Kier alpha value is -3.97. The second-order valence-electron chi connectivity index (χ2n) is 7.99. The first kappa shape index (κ1) is 22.8. The van der Waals surface area contributed by atoms with Gasteiger partial charge in [-0.25, -0.2) is 4.98 Å². The third kappa shape index (κ3) is 4.68. The molecule has 0 saturated heterocycles. The van der Waals surface area contributed by atoms with Crippen LogP contribution in [0, 0.1) is 0 Å². The van der Waals surface area contributed by atoms with Gasteiger partial charge in [-0.3, -0.25) is 9.69 Å². The molecular weight excluding hydrogens is 458 g/mol. The van der Waals surface area contributed by atoms with Crippen LogP contribution in [0.1, 0.15) is 27.7 Å². The number of benzene rings is 3. The molecule has 2 heterocycles. The molecule has 0 unspecified atom stereocenters. The zero-order valence-corrected chi connectivity index (χ0v) is 20.3. The molecule has 0 aliphatic carbocycles. The van der Waals surface area contributed by atoms with E-state index in [1.54, 1.807) is 37.1 Å². The number of nitrogens with one attached hydrogen (secondary N) is 1. The number of hydrogen-bond acceptors (Lipinski definition) is 6. The molecule has 4 aromatic rings. The number of methoxy groups -OCH3 is 2. The topological polar surface area (TPSA) is 63.7 Å². The predicted octanol–water partition coefficient (Wildman–Crippen LogP) is 6.16. The number of fused-ring (bicyclic) bond motifs is 1. The summed E-state index contributed by atoms with van der Waals surface area (Å²) in [5.74, 6) is 2.17. The molecule has 1 atom stereocenters. The van der Waals surface area contributed by atoms with Crippen LogP contribution >= 0.6 is 11.8 Å². The van der Waals surface area contributed by atoms with Crippen molar-refractivity contribution in [1.29, 1.82) is 0 Å². The van der Waals surface area contributed by atoms with Crippen molar-refractivity contribution in [2.45, 2.75) is 16.9 Å². The predicted molar refractivity (Wildman–Crippen MR) is 139 cm³/mol. The first-order valence-electron chi connectivity index (χ1n) is 11.2. The Bertz CT molecular complexity index is 1330. The van der Waals surface area contributed by atoms with E-state index in [1.807, 2.05) is 78.9 Å². The van der Waals surface area contributed by atoms with E-state index in [0.29, 0.717) is 11.3 Å². The fraction of sp³-hybridized carbons (Fsp3) is 0.143. The van der Waals surface area contributed by atoms with Gasteiger partial charge in [-0.05, 0) is 66.2 Å². The van der Waals surface area contributed by atoms with Crippen LogP contribution < -0.4 is 19.7 Å². The number of nitrogens with zero attached hydrogens (tertiary/aromatic N) is 2. The van der Waals surface area contributed by atoms with Crippen LogP contribution in [-0.4, -0.2) is 25.1 Å². The number of para-hydroxylation sites is 1. The van der Waals surface area contributed by atoms with Gasteiger partial charge < -0.3 is 14.8 Å². The van der Waals surface area contributed by atoms with Gasteiger partial charge in [0.25, 0.3) is 5.91 Å². The van der Waals surface area contributed by atoms with Gasteiger partial charge in [0.2, 0.25) is 0 Å². The van der Waals surface area contributed by atoms with E-state index in [2.05, 4.69) is 16.4 Å². The number of thioether (sulfide) groups is 1. The number of anilines is 2. The van der Waals surface area contributed by atoms with Gasteiger partial charge in [0.1, 0.15) is 17.7 Å². The normalized spacial score (nSPS) is 14.7. The fourth-order valence-electron chi connectivity index (χ4n) is 4.16. The molecule has 176 valence electrons. The second-order valence-corrected chi connectivity index (χ2v) is 8.99. The van der Waals surface area contributed by atoms with Crippen LogP contribution in [0.2, 0.25) is 0 Å². The number of ether oxygens (including phenoxy) is 2. The molecule has 3 aromatic carbocycles. The summed E-state index contributed by atoms with van der Waals surface area (Å²) < 4.78 is 11.0. The van der Waals surface area contributed by atoms with Crippen molar-refractivity contribution in [3.05, 3.63) is 108 Å². The highest BCUT2D eigenvalue weighted by atomic mass is 32.2.